The van der Waals surface area contributed by atoms with Crippen molar-refractivity contribution in [2.45, 2.75) is 46.1 Å². The average Bonchev–Trinajstić information content (AvgIpc) is 3.35. The predicted octanol–water partition coefficient (Wildman–Crippen LogP) is 6.37. The second-order valence-corrected chi connectivity index (χ2v) is 11.5. The normalized spacial score (nSPS) is 15.1. The van der Waals surface area contributed by atoms with Crippen LogP contribution in [0.5, 0.6) is 5.75 Å². The Morgan fingerprint density at radius 2 is 1.70 bits per heavy atom. The van der Waals surface area contributed by atoms with Gasteiger partial charge in [-0.05, 0) is 38.1 Å². The smallest absolute Gasteiger partial charge is 0.324 e. The zero-order valence-electron chi connectivity index (χ0n) is 24.0. The Hall–Kier alpha value is -3.88. The maximum atomic E-state index is 13.3. The number of urea groups is 1. The lowest BCUT2D eigenvalue weighted by Gasteiger charge is -2.29. The van der Waals surface area contributed by atoms with Crippen LogP contribution >= 0.6 is 0 Å². The van der Waals surface area contributed by atoms with E-state index < -0.39 is 0 Å². The van der Waals surface area contributed by atoms with Gasteiger partial charge in [0.25, 0.3) is 0 Å². The minimum Gasteiger partial charge on any atom is -0.489 e. The van der Waals surface area contributed by atoms with Crippen LogP contribution in [0.25, 0.3) is 16.5 Å². The van der Waals surface area contributed by atoms with E-state index in [1.165, 1.54) is 0 Å². The largest absolute Gasteiger partial charge is 0.489 e. The van der Waals surface area contributed by atoms with E-state index in [9.17, 15) is 4.79 Å². The zero-order chi connectivity index (χ0) is 28.3. The molecule has 0 bridgehead atoms. The number of anilines is 2. The summed E-state index contributed by atoms with van der Waals surface area (Å²) in [5.74, 6) is 1.40. The van der Waals surface area contributed by atoms with Gasteiger partial charge in [0.15, 0.2) is 0 Å². The number of aromatic nitrogens is 2. The van der Waals surface area contributed by atoms with E-state index >= 15 is 0 Å². The van der Waals surface area contributed by atoms with Gasteiger partial charge in [-0.15, -0.1) is 0 Å². The molecular weight excluding hydrogens is 502 g/mol. The van der Waals surface area contributed by atoms with E-state index in [2.05, 4.69) is 43.2 Å². The SMILES string of the molecule is Cc1ccc(-n2nc(C(C)(C)C)cc2NC(=O)Nc2ccc(OC(C)CN3CCOCC3)c3ccccc23)cc1. The van der Waals surface area contributed by atoms with Crippen molar-refractivity contribution in [2.24, 2.45) is 0 Å². The van der Waals surface area contributed by atoms with E-state index in [1.54, 1.807) is 4.68 Å². The monoisotopic (exact) mass is 541 g/mol. The van der Waals surface area contributed by atoms with Crippen molar-refractivity contribution in [3.63, 3.8) is 0 Å². The Kier molecular flexibility index (Phi) is 8.09. The van der Waals surface area contributed by atoms with Crippen molar-refractivity contribution in [3.8, 4) is 11.4 Å². The van der Waals surface area contributed by atoms with Gasteiger partial charge in [0.1, 0.15) is 17.7 Å². The number of ether oxygens (including phenoxy) is 2. The molecule has 2 amide bonds. The molecule has 8 heteroatoms. The molecule has 2 heterocycles. The molecule has 210 valence electrons. The van der Waals surface area contributed by atoms with Gasteiger partial charge in [0, 0.05) is 41.9 Å². The number of aryl methyl sites for hydroxylation is 1. The first-order valence-corrected chi connectivity index (χ1v) is 13.9. The Bertz CT molecular complexity index is 1470. The maximum absolute atomic E-state index is 13.3. The maximum Gasteiger partial charge on any atom is 0.324 e. The van der Waals surface area contributed by atoms with Gasteiger partial charge in [-0.2, -0.15) is 5.10 Å². The fraction of sp³-hybridized carbons (Fsp3) is 0.375. The first-order valence-electron chi connectivity index (χ1n) is 13.9. The standard InChI is InChI=1S/C32H39N5O3/c1-22-10-12-24(13-11-22)37-30(20-29(35-37)32(3,4)5)34-31(38)33-27-14-15-28(26-9-7-6-8-25(26)27)40-23(2)21-36-16-18-39-19-17-36/h6-15,20,23H,16-19,21H2,1-5H3,(H2,33,34,38). The number of rotatable bonds is 7. The topological polar surface area (TPSA) is 80.7 Å². The van der Waals surface area contributed by atoms with Crippen LogP contribution in [0.15, 0.2) is 66.7 Å². The molecule has 8 nitrogen and oxygen atoms in total. The van der Waals surface area contributed by atoms with E-state index in [1.807, 2.05) is 73.7 Å². The summed E-state index contributed by atoms with van der Waals surface area (Å²) in [5, 5.41) is 12.8. The Labute approximate surface area is 236 Å². The van der Waals surface area contributed by atoms with E-state index in [0.29, 0.717) is 11.5 Å². The number of carbonyl (C=O) groups excluding carboxylic acids is 1. The van der Waals surface area contributed by atoms with Crippen molar-refractivity contribution >= 4 is 28.3 Å². The number of fused-ring (bicyclic) bond motifs is 1. The number of carbonyl (C=O) groups is 1. The van der Waals surface area contributed by atoms with Crippen molar-refractivity contribution in [1.29, 1.82) is 0 Å². The molecule has 5 rings (SSSR count). The fourth-order valence-electron chi connectivity index (χ4n) is 4.87. The molecule has 0 spiro atoms. The Morgan fingerprint density at radius 1 is 1.00 bits per heavy atom. The molecule has 1 unspecified atom stereocenters. The molecule has 1 saturated heterocycles. The van der Waals surface area contributed by atoms with Gasteiger partial charge in [0.2, 0.25) is 0 Å². The van der Waals surface area contributed by atoms with E-state index in [0.717, 1.165) is 66.3 Å². The first kappa shape index (κ1) is 27.7. The molecule has 2 N–H and O–H groups in total. The molecule has 40 heavy (non-hydrogen) atoms. The summed E-state index contributed by atoms with van der Waals surface area (Å²) in [4.78, 5) is 15.7. The highest BCUT2D eigenvalue weighted by Crippen LogP contribution is 2.33. The molecule has 1 atom stereocenters. The molecule has 0 radical (unpaired) electrons. The van der Waals surface area contributed by atoms with Crippen LogP contribution in [0.4, 0.5) is 16.3 Å². The molecule has 1 aliphatic heterocycles. The summed E-state index contributed by atoms with van der Waals surface area (Å²) in [7, 11) is 0. The molecule has 1 aromatic heterocycles. The number of hydrogen-bond acceptors (Lipinski definition) is 5. The minimum absolute atomic E-state index is 0.0164. The van der Waals surface area contributed by atoms with Crippen LogP contribution in [-0.2, 0) is 10.2 Å². The average molecular weight is 542 g/mol. The van der Waals surface area contributed by atoms with Crippen molar-refractivity contribution < 1.29 is 14.3 Å². The molecular formula is C32H39N5O3. The predicted molar refractivity (Wildman–Crippen MR) is 161 cm³/mol. The van der Waals surface area contributed by atoms with Gasteiger partial charge >= 0.3 is 6.03 Å². The summed E-state index contributed by atoms with van der Waals surface area (Å²) in [6.45, 7) is 14.7. The molecule has 0 saturated carbocycles. The zero-order valence-corrected chi connectivity index (χ0v) is 24.0. The molecule has 0 aliphatic carbocycles. The molecule has 4 aromatic rings. The van der Waals surface area contributed by atoms with Crippen molar-refractivity contribution in [3.05, 3.63) is 78.0 Å². The van der Waals surface area contributed by atoms with Gasteiger partial charge in [-0.25, -0.2) is 9.48 Å². The summed E-state index contributed by atoms with van der Waals surface area (Å²) in [5.41, 5.74) is 3.47. The highest BCUT2D eigenvalue weighted by molar-refractivity contribution is 6.07. The lowest BCUT2D eigenvalue weighted by molar-refractivity contribution is 0.0220. The van der Waals surface area contributed by atoms with Gasteiger partial charge in [-0.3, -0.25) is 10.2 Å². The van der Waals surface area contributed by atoms with E-state index in [-0.39, 0.29) is 17.6 Å². The summed E-state index contributed by atoms with van der Waals surface area (Å²) in [6.07, 6.45) is 0.0164. The van der Waals surface area contributed by atoms with Crippen LogP contribution in [-0.4, -0.2) is 59.7 Å². The molecule has 3 aromatic carbocycles. The van der Waals surface area contributed by atoms with Crippen LogP contribution in [0.1, 0.15) is 39.0 Å². The van der Waals surface area contributed by atoms with Crippen LogP contribution < -0.4 is 15.4 Å². The number of nitrogens with zero attached hydrogens (tertiary/aromatic N) is 3. The molecule has 1 aliphatic rings. The van der Waals surface area contributed by atoms with Gasteiger partial charge < -0.3 is 14.8 Å². The highest BCUT2D eigenvalue weighted by Gasteiger charge is 2.22. The minimum atomic E-state index is -0.340. The number of hydrogen-bond donors (Lipinski definition) is 2. The number of nitrogens with one attached hydrogen (secondary N) is 2. The van der Waals surface area contributed by atoms with Crippen LogP contribution in [0.2, 0.25) is 0 Å². The first-order chi connectivity index (χ1) is 19.2. The highest BCUT2D eigenvalue weighted by atomic mass is 16.5. The number of amides is 2. The van der Waals surface area contributed by atoms with E-state index in [4.69, 9.17) is 14.6 Å². The lowest BCUT2D eigenvalue weighted by atomic mass is 9.92. The summed E-state index contributed by atoms with van der Waals surface area (Å²) in [6, 6.07) is 21.5. The fourth-order valence-corrected chi connectivity index (χ4v) is 4.87. The van der Waals surface area contributed by atoms with Gasteiger partial charge in [-0.1, -0.05) is 62.7 Å². The summed E-state index contributed by atoms with van der Waals surface area (Å²) >= 11 is 0. The third-order valence-electron chi connectivity index (χ3n) is 7.08. The quantitative estimate of drug-likeness (QED) is 0.284. The third kappa shape index (κ3) is 6.46. The lowest BCUT2D eigenvalue weighted by Crippen LogP contribution is -2.41. The molecule has 1 fully saturated rings. The van der Waals surface area contributed by atoms with Crippen molar-refractivity contribution in [2.75, 3.05) is 43.5 Å². The number of benzene rings is 3. The Balaban J connectivity index is 1.35. The second kappa shape index (κ2) is 11.7. The third-order valence-corrected chi connectivity index (χ3v) is 7.08. The number of morpholine rings is 1. The van der Waals surface area contributed by atoms with Crippen LogP contribution in [0, 0.1) is 6.92 Å². The van der Waals surface area contributed by atoms with Crippen molar-refractivity contribution in [1.82, 2.24) is 14.7 Å². The van der Waals surface area contributed by atoms with Crippen LogP contribution in [0.3, 0.4) is 0 Å². The van der Waals surface area contributed by atoms with Gasteiger partial charge in [0.05, 0.1) is 30.3 Å². The second-order valence-electron chi connectivity index (χ2n) is 11.5. The summed E-state index contributed by atoms with van der Waals surface area (Å²) < 4.78 is 13.6. The Morgan fingerprint density at radius 3 is 2.40 bits per heavy atom.